The van der Waals surface area contributed by atoms with Gasteiger partial charge >= 0.3 is 0 Å². The van der Waals surface area contributed by atoms with E-state index in [1.807, 2.05) is 54.6 Å². The van der Waals surface area contributed by atoms with Crippen molar-refractivity contribution in [2.75, 3.05) is 0 Å². The molecule has 130 valence electrons. The van der Waals surface area contributed by atoms with Gasteiger partial charge in [0.25, 0.3) is 0 Å². The first kappa shape index (κ1) is 15.6. The molecule has 4 heteroatoms. The fourth-order valence-electron chi connectivity index (χ4n) is 3.42. The summed E-state index contributed by atoms with van der Waals surface area (Å²) in [6, 6.07) is 28.7. The van der Waals surface area contributed by atoms with E-state index in [4.69, 9.17) is 4.98 Å². The number of H-pyrrole nitrogens is 1. The molecule has 1 aromatic heterocycles. The van der Waals surface area contributed by atoms with E-state index >= 15 is 0 Å². The molecule has 4 aromatic rings. The molecule has 0 fully saturated rings. The zero-order valence-corrected chi connectivity index (χ0v) is 14.7. The van der Waals surface area contributed by atoms with Gasteiger partial charge in [-0.25, -0.2) is 4.98 Å². The van der Waals surface area contributed by atoms with Gasteiger partial charge in [-0.15, -0.1) is 0 Å². The smallest absolute Gasteiger partial charge is 0.136 e. The number of aromatic amines is 1. The summed E-state index contributed by atoms with van der Waals surface area (Å²) in [7, 11) is 0. The fourth-order valence-corrected chi connectivity index (χ4v) is 3.42. The first-order chi connectivity index (χ1) is 13.4. The van der Waals surface area contributed by atoms with Crippen LogP contribution < -0.4 is 5.43 Å². The highest BCUT2D eigenvalue weighted by Gasteiger charge is 2.22. The average Bonchev–Trinajstić information content (AvgIpc) is 3.19. The molecule has 1 aliphatic rings. The Morgan fingerprint density at radius 3 is 2.11 bits per heavy atom. The van der Waals surface area contributed by atoms with Crippen LogP contribution in [0.15, 0.2) is 90.0 Å². The van der Waals surface area contributed by atoms with Crippen LogP contribution in [0.1, 0.15) is 23.4 Å². The van der Waals surface area contributed by atoms with E-state index in [0.29, 0.717) is 6.42 Å². The lowest BCUT2D eigenvalue weighted by molar-refractivity contribution is 0.959. The number of aromatic nitrogens is 2. The van der Waals surface area contributed by atoms with Gasteiger partial charge in [-0.05, 0) is 23.3 Å². The molecule has 1 aliphatic heterocycles. The van der Waals surface area contributed by atoms with Gasteiger partial charge < -0.3 is 4.98 Å². The van der Waals surface area contributed by atoms with E-state index in [2.05, 4.69) is 45.8 Å². The van der Waals surface area contributed by atoms with Gasteiger partial charge in [-0.1, -0.05) is 72.8 Å². The first-order valence-corrected chi connectivity index (χ1v) is 9.00. The highest BCUT2D eigenvalue weighted by molar-refractivity contribution is 6.11. The monoisotopic (exact) mass is 350 g/mol. The Labute approximate surface area is 157 Å². The second kappa shape index (κ2) is 6.57. The van der Waals surface area contributed by atoms with E-state index in [1.165, 1.54) is 0 Å². The van der Waals surface area contributed by atoms with Crippen LogP contribution in [0.3, 0.4) is 0 Å². The summed E-state index contributed by atoms with van der Waals surface area (Å²) in [5.41, 5.74) is 10.6. The summed E-state index contributed by atoms with van der Waals surface area (Å²) in [5.74, 6) is 0.880. The maximum atomic E-state index is 4.83. The number of fused-ring (bicyclic) bond motifs is 1. The molecule has 2 heterocycles. The SMILES string of the molecule is c1ccc(C2=NNC(c3ccccc3)=C(c3nc4ccccc4[nH]3)C2)cc1. The number of imidazole rings is 1. The van der Waals surface area contributed by atoms with Gasteiger partial charge in [0.05, 0.1) is 22.4 Å². The van der Waals surface area contributed by atoms with Gasteiger partial charge in [0.2, 0.25) is 0 Å². The maximum Gasteiger partial charge on any atom is 0.136 e. The molecule has 0 unspecified atom stereocenters. The van der Waals surface area contributed by atoms with Crippen molar-refractivity contribution in [2.24, 2.45) is 5.10 Å². The summed E-state index contributed by atoms with van der Waals surface area (Å²) < 4.78 is 0. The van der Waals surface area contributed by atoms with E-state index in [0.717, 1.165) is 45.0 Å². The lowest BCUT2D eigenvalue weighted by Crippen LogP contribution is -2.19. The lowest BCUT2D eigenvalue weighted by atomic mass is 9.96. The third-order valence-corrected chi connectivity index (χ3v) is 4.79. The van der Waals surface area contributed by atoms with Gasteiger partial charge in [-0.3, -0.25) is 5.43 Å². The Balaban J connectivity index is 1.64. The third-order valence-electron chi connectivity index (χ3n) is 4.79. The molecule has 4 nitrogen and oxygen atoms in total. The number of hydrazone groups is 1. The van der Waals surface area contributed by atoms with Crippen molar-refractivity contribution in [3.8, 4) is 0 Å². The maximum absolute atomic E-state index is 4.83. The van der Waals surface area contributed by atoms with E-state index in [9.17, 15) is 0 Å². The Morgan fingerprint density at radius 1 is 0.704 bits per heavy atom. The molecule has 2 N–H and O–H groups in total. The Bertz CT molecular complexity index is 1120. The second-order valence-electron chi connectivity index (χ2n) is 6.54. The summed E-state index contributed by atoms with van der Waals surface area (Å²) in [4.78, 5) is 8.30. The minimum absolute atomic E-state index is 0.709. The molecule has 0 aliphatic carbocycles. The number of nitrogens with zero attached hydrogens (tertiary/aromatic N) is 2. The summed E-state index contributed by atoms with van der Waals surface area (Å²) in [6.45, 7) is 0. The van der Waals surface area contributed by atoms with Crippen LogP contribution in [0.5, 0.6) is 0 Å². The van der Waals surface area contributed by atoms with Crippen molar-refractivity contribution in [3.63, 3.8) is 0 Å². The minimum atomic E-state index is 0.709. The zero-order chi connectivity index (χ0) is 18.1. The van der Waals surface area contributed by atoms with Crippen molar-refractivity contribution in [3.05, 3.63) is 102 Å². The predicted molar refractivity (Wildman–Crippen MR) is 110 cm³/mol. The van der Waals surface area contributed by atoms with Crippen LogP contribution >= 0.6 is 0 Å². The number of hydrogen-bond acceptors (Lipinski definition) is 3. The standard InChI is InChI=1S/C23H18N4/c1-3-9-16(10-4-1)21-15-18(22(27-26-21)17-11-5-2-6-12-17)23-24-19-13-7-8-14-20(19)25-23/h1-14,27H,15H2,(H,24,25). The predicted octanol–water partition coefficient (Wildman–Crippen LogP) is 4.83. The molecule has 0 radical (unpaired) electrons. The molecule has 5 rings (SSSR count). The molecular formula is C23H18N4. The Kier molecular flexibility index (Phi) is 3.79. The Hall–Kier alpha value is -3.66. The van der Waals surface area contributed by atoms with Gasteiger partial charge in [0.15, 0.2) is 0 Å². The topological polar surface area (TPSA) is 53.1 Å². The largest absolute Gasteiger partial charge is 0.338 e. The number of benzene rings is 3. The second-order valence-corrected chi connectivity index (χ2v) is 6.54. The number of nitrogens with one attached hydrogen (secondary N) is 2. The lowest BCUT2D eigenvalue weighted by Gasteiger charge is -2.20. The number of rotatable bonds is 3. The van der Waals surface area contributed by atoms with E-state index in [-0.39, 0.29) is 0 Å². The average molecular weight is 350 g/mol. The summed E-state index contributed by atoms with van der Waals surface area (Å²) in [5, 5.41) is 4.65. The molecule has 27 heavy (non-hydrogen) atoms. The summed E-state index contributed by atoms with van der Waals surface area (Å²) in [6.07, 6.45) is 0.709. The number of para-hydroxylation sites is 2. The van der Waals surface area contributed by atoms with Crippen LogP contribution in [0, 0.1) is 0 Å². The third kappa shape index (κ3) is 2.91. The van der Waals surface area contributed by atoms with Crippen LogP contribution in [-0.2, 0) is 0 Å². The quantitative estimate of drug-likeness (QED) is 0.556. The molecule has 0 bridgehead atoms. The highest BCUT2D eigenvalue weighted by atomic mass is 15.3. The van der Waals surface area contributed by atoms with Crippen molar-refractivity contribution in [1.82, 2.24) is 15.4 Å². The fraction of sp³-hybridized carbons (Fsp3) is 0.0435. The summed E-state index contributed by atoms with van der Waals surface area (Å²) >= 11 is 0. The molecule has 0 spiro atoms. The Morgan fingerprint density at radius 2 is 1.37 bits per heavy atom. The first-order valence-electron chi connectivity index (χ1n) is 9.00. The molecule has 3 aromatic carbocycles. The van der Waals surface area contributed by atoms with E-state index in [1.54, 1.807) is 0 Å². The van der Waals surface area contributed by atoms with E-state index < -0.39 is 0 Å². The normalized spacial score (nSPS) is 14.1. The molecule has 0 atom stereocenters. The zero-order valence-electron chi connectivity index (χ0n) is 14.7. The molecule has 0 saturated heterocycles. The van der Waals surface area contributed by atoms with Crippen molar-refractivity contribution < 1.29 is 0 Å². The minimum Gasteiger partial charge on any atom is -0.338 e. The van der Waals surface area contributed by atoms with Crippen LogP contribution in [-0.4, -0.2) is 15.7 Å². The number of allylic oxidation sites excluding steroid dienone is 1. The van der Waals surface area contributed by atoms with Crippen molar-refractivity contribution in [1.29, 1.82) is 0 Å². The number of hydrogen-bond donors (Lipinski definition) is 2. The molecule has 0 amide bonds. The van der Waals surface area contributed by atoms with Crippen molar-refractivity contribution >= 4 is 28.0 Å². The van der Waals surface area contributed by atoms with Gasteiger partial charge in [0, 0.05) is 12.0 Å². The van der Waals surface area contributed by atoms with Crippen LogP contribution in [0.2, 0.25) is 0 Å². The molecular weight excluding hydrogens is 332 g/mol. The van der Waals surface area contributed by atoms with Gasteiger partial charge in [0.1, 0.15) is 5.82 Å². The van der Waals surface area contributed by atoms with Crippen molar-refractivity contribution in [2.45, 2.75) is 6.42 Å². The molecule has 0 saturated carbocycles. The van der Waals surface area contributed by atoms with Crippen LogP contribution in [0.4, 0.5) is 0 Å². The highest BCUT2D eigenvalue weighted by Crippen LogP contribution is 2.31. The van der Waals surface area contributed by atoms with Crippen LogP contribution in [0.25, 0.3) is 22.3 Å². The van der Waals surface area contributed by atoms with Gasteiger partial charge in [-0.2, -0.15) is 5.10 Å².